The highest BCUT2D eigenvalue weighted by Gasteiger charge is 2.17. The monoisotopic (exact) mass is 271 g/mol. The Balaban J connectivity index is 2.84. The largest absolute Gasteiger partial charge is 0.507 e. The maximum absolute atomic E-state index is 12.5. The van der Waals surface area contributed by atoms with Gasteiger partial charge in [0.15, 0.2) is 5.78 Å². The summed E-state index contributed by atoms with van der Waals surface area (Å²) < 4.78 is 1.45. The molecule has 104 valence electrons. The van der Waals surface area contributed by atoms with Crippen molar-refractivity contribution in [3.8, 4) is 11.4 Å². The fourth-order valence-electron chi connectivity index (χ4n) is 2.45. The first-order valence-electron chi connectivity index (χ1n) is 6.36. The minimum atomic E-state index is -0.486. The highest BCUT2D eigenvalue weighted by molar-refractivity contribution is 5.96. The number of nitrogens with zero attached hydrogens (tertiary/aromatic N) is 1. The molecule has 1 aromatic heterocycles. The molecule has 0 aliphatic rings. The predicted octanol–water partition coefficient (Wildman–Crippen LogP) is 2.67. The van der Waals surface area contributed by atoms with Gasteiger partial charge in [0, 0.05) is 17.4 Å². The minimum Gasteiger partial charge on any atom is -0.507 e. The van der Waals surface area contributed by atoms with Crippen LogP contribution in [0.1, 0.15) is 34.1 Å². The molecule has 20 heavy (non-hydrogen) atoms. The number of rotatable bonds is 2. The molecule has 0 amide bonds. The number of hydrogen-bond acceptors (Lipinski definition) is 3. The van der Waals surface area contributed by atoms with E-state index in [1.807, 2.05) is 32.0 Å². The molecule has 0 aliphatic carbocycles. The second-order valence-corrected chi connectivity index (χ2v) is 5.09. The normalized spacial score (nSPS) is 10.6. The minimum absolute atomic E-state index is 0.172. The van der Waals surface area contributed by atoms with Gasteiger partial charge in [-0.1, -0.05) is 6.07 Å². The third-order valence-corrected chi connectivity index (χ3v) is 3.19. The maximum atomic E-state index is 12.5. The molecule has 2 aromatic rings. The number of carbonyl (C=O) groups is 1. The molecule has 0 atom stereocenters. The van der Waals surface area contributed by atoms with Crippen LogP contribution in [0.4, 0.5) is 0 Å². The molecule has 2 rings (SSSR count). The predicted molar refractivity (Wildman–Crippen MR) is 77.9 cm³/mol. The number of ketones is 1. The lowest BCUT2D eigenvalue weighted by atomic mass is 10.1. The van der Waals surface area contributed by atoms with E-state index in [9.17, 15) is 14.7 Å². The van der Waals surface area contributed by atoms with Crippen molar-refractivity contribution in [1.82, 2.24) is 4.57 Å². The van der Waals surface area contributed by atoms with Crippen molar-refractivity contribution in [3.63, 3.8) is 0 Å². The Labute approximate surface area is 117 Å². The van der Waals surface area contributed by atoms with Gasteiger partial charge in [0.05, 0.1) is 0 Å². The van der Waals surface area contributed by atoms with Crippen LogP contribution in [0, 0.1) is 20.8 Å². The van der Waals surface area contributed by atoms with Crippen LogP contribution in [0.5, 0.6) is 5.75 Å². The van der Waals surface area contributed by atoms with Crippen molar-refractivity contribution in [2.24, 2.45) is 0 Å². The van der Waals surface area contributed by atoms with Crippen LogP contribution in [0.2, 0.25) is 0 Å². The SMILES string of the molecule is CC(=O)c1c(O)cc(C)n(-c2cc(C)cc(C)c2)c1=O. The second-order valence-electron chi connectivity index (χ2n) is 5.09. The molecule has 0 fully saturated rings. The summed E-state index contributed by atoms with van der Waals surface area (Å²) in [6, 6.07) is 7.21. The van der Waals surface area contributed by atoms with Crippen LogP contribution in [0.15, 0.2) is 29.1 Å². The van der Waals surface area contributed by atoms with E-state index in [-0.39, 0.29) is 11.3 Å². The molecule has 0 unspecified atom stereocenters. The van der Waals surface area contributed by atoms with Crippen LogP contribution in [0.25, 0.3) is 5.69 Å². The topological polar surface area (TPSA) is 59.3 Å². The highest BCUT2D eigenvalue weighted by atomic mass is 16.3. The molecular formula is C16H17NO3. The fraction of sp³-hybridized carbons (Fsp3) is 0.250. The van der Waals surface area contributed by atoms with Crippen LogP contribution in [-0.4, -0.2) is 15.5 Å². The molecule has 4 nitrogen and oxygen atoms in total. The van der Waals surface area contributed by atoms with Crippen LogP contribution in [0.3, 0.4) is 0 Å². The van der Waals surface area contributed by atoms with Crippen molar-refractivity contribution in [3.05, 3.63) is 57.0 Å². The van der Waals surface area contributed by atoms with E-state index in [0.717, 1.165) is 11.1 Å². The molecule has 4 heteroatoms. The third-order valence-electron chi connectivity index (χ3n) is 3.19. The van der Waals surface area contributed by atoms with Gasteiger partial charge in [-0.2, -0.15) is 0 Å². The number of carbonyl (C=O) groups excluding carboxylic acids is 1. The zero-order valence-corrected chi connectivity index (χ0v) is 12.0. The van der Waals surface area contributed by atoms with Gasteiger partial charge in [0.25, 0.3) is 5.56 Å². The van der Waals surface area contributed by atoms with Gasteiger partial charge in [0.1, 0.15) is 11.3 Å². The second kappa shape index (κ2) is 4.96. The Morgan fingerprint density at radius 2 is 1.60 bits per heavy atom. The zero-order chi connectivity index (χ0) is 15.0. The number of aromatic hydroxyl groups is 1. The molecular weight excluding hydrogens is 254 g/mol. The van der Waals surface area contributed by atoms with Crippen LogP contribution < -0.4 is 5.56 Å². The Morgan fingerprint density at radius 3 is 2.10 bits per heavy atom. The van der Waals surface area contributed by atoms with Gasteiger partial charge >= 0.3 is 0 Å². The van der Waals surface area contributed by atoms with E-state index in [2.05, 4.69) is 0 Å². The molecule has 0 saturated carbocycles. The lowest BCUT2D eigenvalue weighted by Gasteiger charge is -2.14. The molecule has 1 N–H and O–H groups in total. The van der Waals surface area contributed by atoms with E-state index in [0.29, 0.717) is 11.4 Å². The lowest BCUT2D eigenvalue weighted by Crippen LogP contribution is -2.26. The van der Waals surface area contributed by atoms with E-state index in [1.165, 1.54) is 17.6 Å². The summed E-state index contributed by atoms with van der Waals surface area (Å²) >= 11 is 0. The van der Waals surface area contributed by atoms with E-state index < -0.39 is 11.3 Å². The van der Waals surface area contributed by atoms with Gasteiger partial charge in [0.2, 0.25) is 0 Å². The highest BCUT2D eigenvalue weighted by Crippen LogP contribution is 2.19. The lowest BCUT2D eigenvalue weighted by molar-refractivity contribution is 0.101. The molecule has 0 radical (unpaired) electrons. The summed E-state index contributed by atoms with van der Waals surface area (Å²) in [6.07, 6.45) is 0. The van der Waals surface area contributed by atoms with E-state index in [1.54, 1.807) is 6.92 Å². The first-order valence-corrected chi connectivity index (χ1v) is 6.36. The first kappa shape index (κ1) is 14.1. The summed E-state index contributed by atoms with van der Waals surface area (Å²) in [7, 11) is 0. The average Bonchev–Trinajstić information content (AvgIpc) is 2.25. The number of aryl methyl sites for hydroxylation is 3. The Morgan fingerprint density at radius 1 is 1.05 bits per heavy atom. The van der Waals surface area contributed by atoms with Crippen molar-refractivity contribution < 1.29 is 9.90 Å². The van der Waals surface area contributed by atoms with Crippen molar-refractivity contribution in [2.45, 2.75) is 27.7 Å². The van der Waals surface area contributed by atoms with Gasteiger partial charge < -0.3 is 5.11 Å². The van der Waals surface area contributed by atoms with Gasteiger partial charge in [-0.3, -0.25) is 14.2 Å². The molecule has 1 heterocycles. The molecule has 0 saturated heterocycles. The third kappa shape index (κ3) is 2.37. The van der Waals surface area contributed by atoms with Crippen molar-refractivity contribution >= 4 is 5.78 Å². The summed E-state index contributed by atoms with van der Waals surface area (Å²) in [4.78, 5) is 24.0. The Bertz CT molecular complexity index is 737. The van der Waals surface area contributed by atoms with E-state index >= 15 is 0 Å². The quantitative estimate of drug-likeness (QED) is 0.854. The van der Waals surface area contributed by atoms with Gasteiger partial charge in [-0.25, -0.2) is 0 Å². The van der Waals surface area contributed by atoms with Crippen molar-refractivity contribution in [2.75, 3.05) is 0 Å². The van der Waals surface area contributed by atoms with Gasteiger partial charge in [-0.05, 0) is 51.0 Å². The van der Waals surface area contributed by atoms with Crippen molar-refractivity contribution in [1.29, 1.82) is 0 Å². The number of pyridine rings is 1. The molecule has 1 aromatic carbocycles. The summed E-state index contributed by atoms with van der Waals surface area (Å²) in [5.41, 5.74) is 2.69. The Kier molecular flexibility index (Phi) is 3.49. The van der Waals surface area contributed by atoms with Gasteiger partial charge in [-0.15, -0.1) is 0 Å². The molecule has 0 aliphatic heterocycles. The Hall–Kier alpha value is -2.36. The number of Topliss-reactive ketones (excluding diaryl/α,β-unsaturated/α-hetero) is 1. The molecule has 0 spiro atoms. The summed E-state index contributed by atoms with van der Waals surface area (Å²) in [5, 5.41) is 9.79. The number of aromatic nitrogens is 1. The maximum Gasteiger partial charge on any atom is 0.269 e. The van der Waals surface area contributed by atoms with Crippen LogP contribution >= 0.6 is 0 Å². The first-order chi connectivity index (χ1) is 9.31. The fourth-order valence-corrected chi connectivity index (χ4v) is 2.45. The number of hydrogen-bond donors (Lipinski definition) is 1. The molecule has 0 bridgehead atoms. The van der Waals surface area contributed by atoms with Crippen LogP contribution in [-0.2, 0) is 0 Å². The number of benzene rings is 1. The van der Waals surface area contributed by atoms with E-state index in [4.69, 9.17) is 0 Å². The summed E-state index contributed by atoms with van der Waals surface area (Å²) in [5.74, 6) is -0.703. The smallest absolute Gasteiger partial charge is 0.269 e. The average molecular weight is 271 g/mol. The standard InChI is InChI=1S/C16H17NO3/c1-9-5-10(2)7-13(6-9)17-11(3)8-14(19)15(12(4)18)16(17)20/h5-8,19H,1-4H3. The summed E-state index contributed by atoms with van der Waals surface area (Å²) in [6.45, 7) is 6.90. The zero-order valence-electron chi connectivity index (χ0n) is 12.0.